The molecule has 5 heterocycles. The fourth-order valence-corrected chi connectivity index (χ4v) is 8.37. The molecule has 21 nitrogen and oxygen atoms in total. The fraction of sp³-hybridized carbons (Fsp3) is 0.396. The first-order valence-corrected chi connectivity index (χ1v) is 22.8. The Hall–Kier alpha value is -7.33. The fourth-order valence-electron chi connectivity index (χ4n) is 8.37. The van der Waals surface area contributed by atoms with Gasteiger partial charge in [-0.25, -0.2) is 9.67 Å². The first kappa shape index (κ1) is 48.1. The van der Waals surface area contributed by atoms with Crippen LogP contribution in [0.5, 0.6) is 0 Å². The molecule has 3 aliphatic heterocycles. The van der Waals surface area contributed by atoms with Gasteiger partial charge < -0.3 is 45.1 Å². The molecule has 1 saturated heterocycles. The third-order valence-corrected chi connectivity index (χ3v) is 11.9. The summed E-state index contributed by atoms with van der Waals surface area (Å²) < 4.78 is 24.0. The van der Waals surface area contributed by atoms with Crippen LogP contribution in [0.3, 0.4) is 0 Å². The molecule has 5 N–H and O–H groups in total. The molecule has 0 aliphatic carbocycles. The number of anilines is 5. The van der Waals surface area contributed by atoms with Crippen LogP contribution < -0.4 is 26.6 Å². The van der Waals surface area contributed by atoms with Crippen molar-refractivity contribution >= 4 is 75.3 Å². The molecule has 1 atom stereocenters. The number of hydrogen-bond donors (Lipinski definition) is 5. The van der Waals surface area contributed by atoms with Gasteiger partial charge in [-0.1, -0.05) is 30.3 Å². The molecule has 5 aromatic rings. The predicted molar refractivity (Wildman–Crippen MR) is 252 cm³/mol. The highest BCUT2D eigenvalue weighted by Gasteiger charge is 2.45. The zero-order chi connectivity index (χ0) is 48.4. The maximum atomic E-state index is 13.2. The Morgan fingerprint density at radius 1 is 0.826 bits per heavy atom. The number of ether oxygens (including phenoxy) is 4. The number of hydrogen-bond acceptors (Lipinski definition) is 16. The molecule has 1 unspecified atom stereocenters. The third-order valence-electron chi connectivity index (χ3n) is 11.9. The van der Waals surface area contributed by atoms with Crippen molar-refractivity contribution < 1.29 is 47.7 Å². The van der Waals surface area contributed by atoms with E-state index in [2.05, 4.69) is 68.7 Å². The lowest BCUT2D eigenvalue weighted by Gasteiger charge is -2.29. The minimum atomic E-state index is -1.08. The van der Waals surface area contributed by atoms with Crippen LogP contribution in [0.15, 0.2) is 60.8 Å². The van der Waals surface area contributed by atoms with Gasteiger partial charge in [-0.05, 0) is 73.2 Å². The van der Waals surface area contributed by atoms with Crippen LogP contribution >= 0.6 is 0 Å². The smallest absolute Gasteiger partial charge is 0.264 e. The summed E-state index contributed by atoms with van der Waals surface area (Å²) in [5.74, 6) is -1.77. The Labute approximate surface area is 397 Å². The lowest BCUT2D eigenvalue weighted by molar-refractivity contribution is -0.138. The van der Waals surface area contributed by atoms with Crippen molar-refractivity contribution in [3.63, 3.8) is 0 Å². The first-order valence-electron chi connectivity index (χ1n) is 22.8. The summed E-state index contributed by atoms with van der Waals surface area (Å²) in [5.41, 5.74) is 7.46. The van der Waals surface area contributed by atoms with Gasteiger partial charge in [0.2, 0.25) is 29.6 Å². The van der Waals surface area contributed by atoms with E-state index in [4.69, 9.17) is 23.9 Å². The van der Waals surface area contributed by atoms with Crippen LogP contribution in [-0.2, 0) is 58.1 Å². The first-order chi connectivity index (χ1) is 33.4. The van der Waals surface area contributed by atoms with Crippen LogP contribution in [0.4, 0.5) is 28.8 Å². The van der Waals surface area contributed by atoms with Gasteiger partial charge in [0, 0.05) is 56.4 Å². The van der Waals surface area contributed by atoms with Crippen molar-refractivity contribution in [3.8, 4) is 0 Å². The summed E-state index contributed by atoms with van der Waals surface area (Å²) in [6.45, 7) is 7.31. The molecular formula is C48H55N11O10. The van der Waals surface area contributed by atoms with Crippen LogP contribution in [0.2, 0.25) is 0 Å². The van der Waals surface area contributed by atoms with Gasteiger partial charge in [-0.3, -0.25) is 39.0 Å². The SMILES string of the molecule is Cc1cccc(C)c1Nc1nn(C)c2nc(Nc3ccc4c(c3)CN(C(=O)COCCOCCOCCOCCNC(=O)CNc3cccc5c3C(=O)N(C3CCC(=O)NC3=O)C5=O)CC4)ncc12. The number of carbonyl (C=O) groups is 6. The van der Waals surface area contributed by atoms with E-state index in [9.17, 15) is 28.8 Å². The molecule has 6 amide bonds. The Morgan fingerprint density at radius 2 is 1.55 bits per heavy atom. The molecule has 1 fully saturated rings. The van der Waals surface area contributed by atoms with Crippen molar-refractivity contribution in [1.82, 2.24) is 40.2 Å². The second-order valence-electron chi connectivity index (χ2n) is 16.7. The van der Waals surface area contributed by atoms with Gasteiger partial charge in [0.1, 0.15) is 12.6 Å². The summed E-state index contributed by atoms with van der Waals surface area (Å²) in [6, 6.07) is 15.8. The largest absolute Gasteiger partial charge is 0.377 e. The predicted octanol–water partition coefficient (Wildman–Crippen LogP) is 3.05. The van der Waals surface area contributed by atoms with E-state index in [0.29, 0.717) is 63.5 Å². The molecule has 21 heteroatoms. The zero-order valence-electron chi connectivity index (χ0n) is 38.7. The second kappa shape index (κ2) is 22.2. The van der Waals surface area contributed by atoms with E-state index < -0.39 is 29.7 Å². The molecular weight excluding hydrogens is 891 g/mol. The van der Waals surface area contributed by atoms with Crippen molar-refractivity contribution in [3.05, 3.63) is 94.2 Å². The van der Waals surface area contributed by atoms with Crippen LogP contribution in [-0.4, -0.2) is 144 Å². The van der Waals surface area contributed by atoms with E-state index in [-0.39, 0.29) is 74.4 Å². The molecule has 2 aromatic heterocycles. The number of imide groups is 2. The minimum absolute atomic E-state index is 0.0179. The van der Waals surface area contributed by atoms with E-state index in [1.165, 1.54) is 11.6 Å². The normalized spacial score (nSPS) is 15.6. The van der Waals surface area contributed by atoms with Crippen molar-refractivity contribution in [1.29, 1.82) is 0 Å². The molecule has 0 bridgehead atoms. The van der Waals surface area contributed by atoms with Gasteiger partial charge in [0.15, 0.2) is 11.5 Å². The van der Waals surface area contributed by atoms with Gasteiger partial charge in [0.25, 0.3) is 11.8 Å². The summed E-state index contributed by atoms with van der Waals surface area (Å²) in [4.78, 5) is 87.7. The number of aryl methyl sites for hydroxylation is 3. The summed E-state index contributed by atoms with van der Waals surface area (Å²) in [6.07, 6.45) is 2.57. The number of aromatic nitrogens is 4. The summed E-state index contributed by atoms with van der Waals surface area (Å²) >= 11 is 0. The lowest BCUT2D eigenvalue weighted by Crippen LogP contribution is -2.54. The van der Waals surface area contributed by atoms with Crippen molar-refractivity contribution in [2.75, 3.05) is 88.4 Å². The minimum Gasteiger partial charge on any atom is -0.377 e. The number of benzene rings is 3. The topological polar surface area (TPSA) is 250 Å². The lowest BCUT2D eigenvalue weighted by atomic mass is 9.99. The van der Waals surface area contributed by atoms with Crippen LogP contribution in [0, 0.1) is 13.8 Å². The number of rotatable bonds is 22. The highest BCUT2D eigenvalue weighted by molar-refractivity contribution is 6.25. The molecule has 3 aliphatic rings. The maximum Gasteiger partial charge on any atom is 0.264 e. The Kier molecular flexibility index (Phi) is 15.5. The number of carbonyl (C=O) groups excluding carboxylic acids is 6. The molecule has 0 radical (unpaired) electrons. The van der Waals surface area contributed by atoms with E-state index in [1.807, 2.05) is 25.2 Å². The number of nitrogens with one attached hydrogen (secondary N) is 5. The number of amides is 6. The molecule has 0 spiro atoms. The number of fused-ring (bicyclic) bond motifs is 3. The Morgan fingerprint density at radius 3 is 2.30 bits per heavy atom. The van der Waals surface area contributed by atoms with Gasteiger partial charge in [0.05, 0.1) is 69.3 Å². The van der Waals surface area contributed by atoms with Crippen LogP contribution in [0.1, 0.15) is 55.8 Å². The quantitative estimate of drug-likeness (QED) is 0.0494. The van der Waals surface area contributed by atoms with Crippen molar-refractivity contribution in [2.24, 2.45) is 7.05 Å². The monoisotopic (exact) mass is 945 g/mol. The summed E-state index contributed by atoms with van der Waals surface area (Å²) in [5, 5.41) is 20.0. The highest BCUT2D eigenvalue weighted by Crippen LogP contribution is 2.33. The molecule has 3 aromatic carbocycles. The van der Waals surface area contributed by atoms with E-state index >= 15 is 0 Å². The van der Waals surface area contributed by atoms with Crippen LogP contribution in [0.25, 0.3) is 11.0 Å². The standard InChI is InChI=1S/C48H55N11O10/c1-29-6-4-7-30(2)42(29)54-43-35-25-51-48(55-44(35)57(3)56-43)52-33-11-10-31-14-16-58(27-32(31)24-33)40(62)28-69-23-22-68-21-20-67-19-18-66-17-15-49-39(61)26-50-36-9-5-8-34-41(36)47(65)59(46(34)64)37-12-13-38(60)53-45(37)63/h4-11,24-25,37,50H,12-23,26-28H2,1-3H3,(H,49,61)(H,54,56)(H,51,52,55)(H,53,60,63). The molecule has 0 saturated carbocycles. The number of piperidine rings is 1. The third kappa shape index (κ3) is 11.5. The van der Waals surface area contributed by atoms with Gasteiger partial charge in [-0.15, -0.1) is 0 Å². The molecule has 362 valence electrons. The van der Waals surface area contributed by atoms with Crippen molar-refractivity contribution in [2.45, 2.75) is 45.7 Å². The second-order valence-corrected chi connectivity index (χ2v) is 16.7. The number of para-hydroxylation sites is 1. The molecule has 69 heavy (non-hydrogen) atoms. The Balaban J connectivity index is 0.656. The Bertz CT molecular complexity index is 2740. The van der Waals surface area contributed by atoms with E-state index in [1.54, 1.807) is 27.9 Å². The average Bonchev–Trinajstić information content (AvgIpc) is 3.79. The highest BCUT2D eigenvalue weighted by atomic mass is 16.6. The zero-order valence-corrected chi connectivity index (χ0v) is 38.7. The van der Waals surface area contributed by atoms with Gasteiger partial charge in [-0.2, -0.15) is 10.1 Å². The number of nitrogens with zero attached hydrogens (tertiary/aromatic N) is 6. The molecule has 8 rings (SSSR count). The average molecular weight is 946 g/mol. The van der Waals surface area contributed by atoms with E-state index in [0.717, 1.165) is 44.8 Å². The summed E-state index contributed by atoms with van der Waals surface area (Å²) in [7, 11) is 1.85. The maximum absolute atomic E-state index is 13.2. The van der Waals surface area contributed by atoms with Gasteiger partial charge >= 0.3 is 0 Å².